The molecule has 2 heterocycles. The summed E-state index contributed by atoms with van der Waals surface area (Å²) in [4.78, 5) is 15.2. The maximum Gasteiger partial charge on any atom is 0.270 e. The molecule has 0 radical (unpaired) electrons. The zero-order valence-electron chi connectivity index (χ0n) is 16.7. The monoisotopic (exact) mass is 478 g/mol. The number of halogens is 2. The first kappa shape index (κ1) is 20.9. The van der Waals surface area contributed by atoms with Crippen LogP contribution in [0.15, 0.2) is 83.9 Å². The highest BCUT2D eigenvalue weighted by Crippen LogP contribution is 2.37. The van der Waals surface area contributed by atoms with Crippen LogP contribution in [0.2, 0.25) is 5.02 Å². The summed E-state index contributed by atoms with van der Waals surface area (Å²) in [5, 5.41) is 1.58. The van der Waals surface area contributed by atoms with Crippen molar-refractivity contribution in [2.45, 2.75) is 6.54 Å². The molecule has 0 bridgehead atoms. The topological polar surface area (TPSA) is 25.2 Å². The summed E-state index contributed by atoms with van der Waals surface area (Å²) >= 11 is 12.7. The van der Waals surface area contributed by atoms with Crippen molar-refractivity contribution in [3.8, 4) is 0 Å². The number of para-hydroxylation sites is 1. The fourth-order valence-electron chi connectivity index (χ4n) is 3.75. The summed E-state index contributed by atoms with van der Waals surface area (Å²) in [7, 11) is 0. The van der Waals surface area contributed by atoms with Gasteiger partial charge in [-0.05, 0) is 42.5 Å². The highest BCUT2D eigenvalue weighted by atomic mass is 35.5. The first-order valence-corrected chi connectivity index (χ1v) is 11.5. The Morgan fingerprint density at radius 1 is 1.00 bits per heavy atom. The van der Waals surface area contributed by atoms with Gasteiger partial charge in [-0.15, -0.1) is 0 Å². The maximum atomic E-state index is 14.2. The minimum Gasteiger partial charge on any atom is -0.342 e. The van der Waals surface area contributed by atoms with Crippen LogP contribution in [0.3, 0.4) is 0 Å². The van der Waals surface area contributed by atoms with Crippen molar-refractivity contribution >= 4 is 68.5 Å². The Morgan fingerprint density at radius 2 is 1.72 bits per heavy atom. The van der Waals surface area contributed by atoms with E-state index < -0.39 is 0 Å². The molecule has 1 saturated heterocycles. The van der Waals surface area contributed by atoms with Gasteiger partial charge in [0.05, 0.1) is 17.1 Å². The Labute approximate surface area is 199 Å². The predicted molar refractivity (Wildman–Crippen MR) is 135 cm³/mol. The smallest absolute Gasteiger partial charge is 0.270 e. The van der Waals surface area contributed by atoms with Gasteiger partial charge in [0.25, 0.3) is 5.91 Å². The molecule has 3 nitrogen and oxygen atoms in total. The lowest BCUT2D eigenvalue weighted by atomic mass is 10.1. The molecule has 1 fully saturated rings. The van der Waals surface area contributed by atoms with Crippen LogP contribution < -0.4 is 4.90 Å². The van der Waals surface area contributed by atoms with E-state index in [1.54, 1.807) is 36.4 Å². The summed E-state index contributed by atoms with van der Waals surface area (Å²) in [5.74, 6) is -0.413. The third-order valence-electron chi connectivity index (χ3n) is 5.28. The molecule has 4 aromatic rings. The van der Waals surface area contributed by atoms with Crippen LogP contribution in [0.4, 0.5) is 10.1 Å². The summed E-state index contributed by atoms with van der Waals surface area (Å²) < 4.78 is 16.7. The molecule has 0 N–H and O–H groups in total. The van der Waals surface area contributed by atoms with E-state index in [2.05, 4.69) is 0 Å². The molecule has 0 atom stereocenters. The molecule has 1 aromatic heterocycles. The molecule has 1 aliphatic heterocycles. The van der Waals surface area contributed by atoms with Crippen molar-refractivity contribution in [2.24, 2.45) is 0 Å². The SMILES string of the molecule is O=C1/C(=C\c2cn(Cc3ccccc3F)c3ccccc23)SC(=S)N1c1ccc(Cl)cc1. The van der Waals surface area contributed by atoms with Gasteiger partial charge in [-0.2, -0.15) is 0 Å². The largest absolute Gasteiger partial charge is 0.342 e. The van der Waals surface area contributed by atoms with E-state index >= 15 is 0 Å². The average Bonchev–Trinajstić information content (AvgIpc) is 3.27. The van der Waals surface area contributed by atoms with Crippen molar-refractivity contribution in [2.75, 3.05) is 4.90 Å². The Bertz CT molecular complexity index is 1390. The van der Waals surface area contributed by atoms with Gasteiger partial charge in [0.1, 0.15) is 5.82 Å². The van der Waals surface area contributed by atoms with Crippen LogP contribution in [-0.2, 0) is 11.3 Å². The Kier molecular flexibility index (Phi) is 5.59. The summed E-state index contributed by atoms with van der Waals surface area (Å²) in [5.41, 5.74) is 3.14. The minimum absolute atomic E-state index is 0.173. The minimum atomic E-state index is -0.240. The van der Waals surface area contributed by atoms with Crippen LogP contribution >= 0.6 is 35.6 Å². The first-order chi connectivity index (χ1) is 15.5. The number of hydrogen-bond acceptors (Lipinski definition) is 3. The third-order valence-corrected chi connectivity index (χ3v) is 6.84. The van der Waals surface area contributed by atoms with Gasteiger partial charge < -0.3 is 4.57 Å². The molecule has 1 aliphatic rings. The molecule has 158 valence electrons. The fourth-order valence-corrected chi connectivity index (χ4v) is 5.17. The Balaban J connectivity index is 1.53. The number of amides is 1. The number of fused-ring (bicyclic) bond motifs is 1. The second-order valence-electron chi connectivity index (χ2n) is 7.31. The lowest BCUT2D eigenvalue weighted by Crippen LogP contribution is -2.27. The molecule has 5 rings (SSSR count). The molecule has 1 amide bonds. The summed E-state index contributed by atoms with van der Waals surface area (Å²) in [6.07, 6.45) is 3.81. The molecule has 0 unspecified atom stereocenters. The van der Waals surface area contributed by atoms with Crippen molar-refractivity contribution in [3.63, 3.8) is 0 Å². The molecule has 7 heteroatoms. The zero-order valence-corrected chi connectivity index (χ0v) is 19.1. The fraction of sp³-hybridized carbons (Fsp3) is 0.0400. The number of carbonyl (C=O) groups is 1. The maximum absolute atomic E-state index is 14.2. The third kappa shape index (κ3) is 3.86. The zero-order chi connectivity index (χ0) is 22.2. The van der Waals surface area contributed by atoms with Crippen molar-refractivity contribution in [1.82, 2.24) is 4.57 Å². The number of benzene rings is 3. The standard InChI is InChI=1S/C25H16ClFN2OS2/c26-18-9-11-19(12-10-18)29-24(30)23(32-25(29)31)13-17-15-28(22-8-4-2-6-20(17)22)14-16-5-1-3-7-21(16)27/h1-13,15H,14H2/b23-13+. The van der Waals surface area contributed by atoms with E-state index in [1.165, 1.54) is 22.7 Å². The van der Waals surface area contributed by atoms with Crippen molar-refractivity contribution in [1.29, 1.82) is 0 Å². The van der Waals surface area contributed by atoms with E-state index in [-0.39, 0.29) is 11.7 Å². The summed E-state index contributed by atoms with van der Waals surface area (Å²) in [6, 6.07) is 21.7. The van der Waals surface area contributed by atoms with Crippen LogP contribution in [0.25, 0.3) is 17.0 Å². The number of thioether (sulfide) groups is 1. The van der Waals surface area contributed by atoms with Gasteiger partial charge in [0.2, 0.25) is 0 Å². The molecule has 0 saturated carbocycles. The van der Waals surface area contributed by atoms with Gasteiger partial charge >= 0.3 is 0 Å². The van der Waals surface area contributed by atoms with Gasteiger partial charge in [-0.25, -0.2) is 4.39 Å². The molecule has 32 heavy (non-hydrogen) atoms. The van der Waals surface area contributed by atoms with Gasteiger partial charge in [0, 0.05) is 33.2 Å². The van der Waals surface area contributed by atoms with E-state index in [0.717, 1.165) is 16.5 Å². The van der Waals surface area contributed by atoms with Crippen LogP contribution in [0.5, 0.6) is 0 Å². The normalized spacial score (nSPS) is 15.3. The molecule has 0 spiro atoms. The highest BCUT2D eigenvalue weighted by molar-refractivity contribution is 8.27. The number of rotatable bonds is 4. The van der Waals surface area contributed by atoms with E-state index in [0.29, 0.717) is 32.0 Å². The second-order valence-corrected chi connectivity index (χ2v) is 9.43. The summed E-state index contributed by atoms with van der Waals surface area (Å²) in [6.45, 7) is 0.396. The van der Waals surface area contributed by atoms with Crippen LogP contribution in [0, 0.1) is 5.82 Å². The number of thiocarbonyl (C=S) groups is 1. The average molecular weight is 479 g/mol. The van der Waals surface area contributed by atoms with Gasteiger partial charge in [-0.1, -0.05) is 72.0 Å². The molecular weight excluding hydrogens is 463 g/mol. The number of hydrogen-bond donors (Lipinski definition) is 0. The van der Waals surface area contributed by atoms with Crippen LogP contribution in [-0.4, -0.2) is 14.8 Å². The first-order valence-electron chi connectivity index (χ1n) is 9.86. The van der Waals surface area contributed by atoms with Crippen molar-refractivity contribution < 1.29 is 9.18 Å². The number of carbonyl (C=O) groups excluding carboxylic acids is 1. The van der Waals surface area contributed by atoms with E-state index in [4.69, 9.17) is 23.8 Å². The Hall–Kier alpha value is -2.93. The number of anilines is 1. The quantitative estimate of drug-likeness (QED) is 0.236. The van der Waals surface area contributed by atoms with Crippen molar-refractivity contribution in [3.05, 3.63) is 106 Å². The van der Waals surface area contributed by atoms with Gasteiger partial charge in [0.15, 0.2) is 4.32 Å². The number of aromatic nitrogens is 1. The van der Waals surface area contributed by atoms with E-state index in [1.807, 2.05) is 47.2 Å². The second kappa shape index (κ2) is 8.54. The van der Waals surface area contributed by atoms with Crippen LogP contribution in [0.1, 0.15) is 11.1 Å². The lowest BCUT2D eigenvalue weighted by Gasteiger charge is -2.14. The van der Waals surface area contributed by atoms with Gasteiger partial charge in [-0.3, -0.25) is 9.69 Å². The highest BCUT2D eigenvalue weighted by Gasteiger charge is 2.33. The predicted octanol–water partition coefficient (Wildman–Crippen LogP) is 6.89. The molecule has 3 aromatic carbocycles. The van der Waals surface area contributed by atoms with E-state index in [9.17, 15) is 9.18 Å². The Morgan fingerprint density at radius 3 is 2.50 bits per heavy atom. The molecule has 0 aliphatic carbocycles. The number of nitrogens with zero attached hydrogens (tertiary/aromatic N) is 2. The lowest BCUT2D eigenvalue weighted by molar-refractivity contribution is -0.113. The molecular formula is C25H16ClFN2OS2.